The Kier molecular flexibility index (Phi) is 1.67. The number of hydrogen-bond acceptors (Lipinski definition) is 1. The third-order valence-corrected chi connectivity index (χ3v) is 3.16. The van der Waals surface area contributed by atoms with Crippen molar-refractivity contribution in [1.29, 1.82) is 0 Å². The minimum Gasteiger partial charge on any atom is -0.314 e. The van der Waals surface area contributed by atoms with Gasteiger partial charge in [0.1, 0.15) is 0 Å². The van der Waals surface area contributed by atoms with E-state index in [0.717, 1.165) is 0 Å². The molecule has 14 heavy (non-hydrogen) atoms. The van der Waals surface area contributed by atoms with Crippen LogP contribution in [-0.2, 0) is 0 Å². The summed E-state index contributed by atoms with van der Waals surface area (Å²) in [4.78, 5) is 1.30. The molecule has 2 aromatic heterocycles. The van der Waals surface area contributed by atoms with Crippen LogP contribution in [0.5, 0.6) is 0 Å². The maximum absolute atomic E-state index is 2.22. The minimum absolute atomic E-state index is 1.28. The molecule has 3 aromatic rings. The number of nitrogens with zero attached hydrogens (tertiary/aromatic N) is 1. The van der Waals surface area contributed by atoms with E-state index < -0.39 is 0 Å². The highest BCUT2D eigenvalue weighted by Crippen LogP contribution is 2.24. The number of hydrogen-bond donors (Lipinski definition) is 0. The molecule has 1 nitrogen and oxygen atoms in total. The van der Waals surface area contributed by atoms with E-state index in [1.165, 1.54) is 16.0 Å². The van der Waals surface area contributed by atoms with Gasteiger partial charge in [-0.2, -0.15) is 0 Å². The fraction of sp³-hybridized carbons (Fsp3) is 0. The van der Waals surface area contributed by atoms with Crippen LogP contribution in [0, 0.1) is 0 Å². The predicted octanol–water partition coefficient (Wildman–Crippen LogP) is 3.67. The highest BCUT2D eigenvalue weighted by Gasteiger charge is 2.01. The standard InChI is InChI=1S/C12H9NS/c1-2-4-10(5-3-1)11-8-12-13(9-11)6-7-14-12/h1-9H. The van der Waals surface area contributed by atoms with Gasteiger partial charge in [0.05, 0.1) is 4.83 Å². The smallest absolute Gasteiger partial charge is 0.0997 e. The van der Waals surface area contributed by atoms with Crippen molar-refractivity contribution >= 4 is 16.2 Å². The van der Waals surface area contributed by atoms with E-state index in [2.05, 4.69) is 52.5 Å². The van der Waals surface area contributed by atoms with Gasteiger partial charge in [0.25, 0.3) is 0 Å². The van der Waals surface area contributed by atoms with Gasteiger partial charge in [0, 0.05) is 23.3 Å². The molecule has 0 amide bonds. The lowest BCUT2D eigenvalue weighted by Gasteiger charge is -1.94. The molecular weight excluding hydrogens is 190 g/mol. The van der Waals surface area contributed by atoms with Crippen molar-refractivity contribution in [3.8, 4) is 11.1 Å². The SMILES string of the molecule is c1ccc(-c2cc3sccn3c2)cc1. The fourth-order valence-corrected chi connectivity index (χ4v) is 2.39. The molecule has 0 atom stereocenters. The maximum atomic E-state index is 2.22. The average Bonchev–Trinajstić information content (AvgIpc) is 2.78. The number of benzene rings is 1. The number of aromatic nitrogens is 1. The van der Waals surface area contributed by atoms with Crippen LogP contribution in [0.15, 0.2) is 54.2 Å². The molecule has 0 bridgehead atoms. The molecule has 68 valence electrons. The molecule has 0 fully saturated rings. The lowest BCUT2D eigenvalue weighted by atomic mass is 10.1. The molecule has 0 spiro atoms. The second-order valence-corrected chi connectivity index (χ2v) is 4.17. The van der Waals surface area contributed by atoms with Gasteiger partial charge in [-0.25, -0.2) is 0 Å². The van der Waals surface area contributed by atoms with Gasteiger partial charge in [0.15, 0.2) is 0 Å². The molecule has 0 aliphatic carbocycles. The van der Waals surface area contributed by atoms with Gasteiger partial charge in [-0.15, -0.1) is 11.3 Å². The minimum atomic E-state index is 1.28. The zero-order valence-corrected chi connectivity index (χ0v) is 8.37. The van der Waals surface area contributed by atoms with Gasteiger partial charge in [-0.1, -0.05) is 30.3 Å². The summed E-state index contributed by atoms with van der Waals surface area (Å²) in [5.74, 6) is 0. The van der Waals surface area contributed by atoms with Crippen LogP contribution in [0.4, 0.5) is 0 Å². The van der Waals surface area contributed by atoms with Crippen LogP contribution < -0.4 is 0 Å². The summed E-state index contributed by atoms with van der Waals surface area (Å²) < 4.78 is 2.16. The summed E-state index contributed by atoms with van der Waals surface area (Å²) in [5, 5.41) is 2.10. The molecule has 0 saturated carbocycles. The number of thiazole rings is 1. The second kappa shape index (κ2) is 3.00. The fourth-order valence-electron chi connectivity index (χ4n) is 1.62. The third kappa shape index (κ3) is 1.16. The normalized spacial score (nSPS) is 10.9. The zero-order chi connectivity index (χ0) is 9.38. The lowest BCUT2D eigenvalue weighted by Crippen LogP contribution is -1.72. The third-order valence-electron chi connectivity index (χ3n) is 2.33. The van der Waals surface area contributed by atoms with E-state index in [9.17, 15) is 0 Å². The summed E-state index contributed by atoms with van der Waals surface area (Å²) in [6, 6.07) is 12.7. The van der Waals surface area contributed by atoms with E-state index >= 15 is 0 Å². The molecule has 1 aromatic carbocycles. The Bertz CT molecular complexity index is 519. The maximum Gasteiger partial charge on any atom is 0.0997 e. The van der Waals surface area contributed by atoms with Gasteiger partial charge in [-0.05, 0) is 11.6 Å². The second-order valence-electron chi connectivity index (χ2n) is 3.24. The summed E-state index contributed by atoms with van der Waals surface area (Å²) in [7, 11) is 0. The summed E-state index contributed by atoms with van der Waals surface area (Å²) >= 11 is 1.77. The molecule has 0 aliphatic rings. The molecule has 2 heteroatoms. The van der Waals surface area contributed by atoms with Crippen molar-refractivity contribution < 1.29 is 0 Å². The number of rotatable bonds is 1. The quantitative estimate of drug-likeness (QED) is 0.563. The van der Waals surface area contributed by atoms with Crippen LogP contribution in [0.25, 0.3) is 16.0 Å². The highest BCUT2D eigenvalue weighted by molar-refractivity contribution is 7.15. The van der Waals surface area contributed by atoms with Crippen LogP contribution >= 0.6 is 11.3 Å². The van der Waals surface area contributed by atoms with Crippen molar-refractivity contribution in [2.75, 3.05) is 0 Å². The first kappa shape index (κ1) is 7.83. The Labute approximate surface area is 86.2 Å². The Balaban J connectivity index is 2.19. The Morgan fingerprint density at radius 2 is 1.86 bits per heavy atom. The Morgan fingerprint density at radius 3 is 2.64 bits per heavy atom. The molecule has 0 radical (unpaired) electrons. The topological polar surface area (TPSA) is 4.41 Å². The van der Waals surface area contributed by atoms with Crippen molar-refractivity contribution in [3.63, 3.8) is 0 Å². The summed E-state index contributed by atoms with van der Waals surface area (Å²) in [5.41, 5.74) is 2.57. The van der Waals surface area contributed by atoms with Crippen LogP contribution in [0.2, 0.25) is 0 Å². The Hall–Kier alpha value is -1.54. The predicted molar refractivity (Wildman–Crippen MR) is 60.7 cm³/mol. The highest BCUT2D eigenvalue weighted by atomic mass is 32.1. The van der Waals surface area contributed by atoms with Gasteiger partial charge >= 0.3 is 0 Å². The molecule has 0 aliphatic heterocycles. The van der Waals surface area contributed by atoms with E-state index in [4.69, 9.17) is 0 Å². The summed E-state index contributed by atoms with van der Waals surface area (Å²) in [6.45, 7) is 0. The lowest BCUT2D eigenvalue weighted by molar-refractivity contribution is 1.24. The van der Waals surface area contributed by atoms with Crippen LogP contribution in [-0.4, -0.2) is 4.40 Å². The van der Waals surface area contributed by atoms with Crippen LogP contribution in [0.3, 0.4) is 0 Å². The molecule has 0 N–H and O–H groups in total. The monoisotopic (exact) mass is 199 g/mol. The van der Waals surface area contributed by atoms with E-state index in [0.29, 0.717) is 0 Å². The number of fused-ring (bicyclic) bond motifs is 1. The van der Waals surface area contributed by atoms with Crippen molar-refractivity contribution in [3.05, 3.63) is 54.2 Å². The van der Waals surface area contributed by atoms with E-state index in [1.54, 1.807) is 11.3 Å². The van der Waals surface area contributed by atoms with E-state index in [-0.39, 0.29) is 0 Å². The van der Waals surface area contributed by atoms with Gasteiger partial charge in [0.2, 0.25) is 0 Å². The van der Waals surface area contributed by atoms with Crippen molar-refractivity contribution in [1.82, 2.24) is 4.40 Å². The average molecular weight is 199 g/mol. The van der Waals surface area contributed by atoms with Crippen molar-refractivity contribution in [2.24, 2.45) is 0 Å². The zero-order valence-electron chi connectivity index (χ0n) is 7.55. The first-order chi connectivity index (χ1) is 6.93. The first-order valence-electron chi connectivity index (χ1n) is 4.54. The summed E-state index contributed by atoms with van der Waals surface area (Å²) in [6.07, 6.45) is 4.26. The van der Waals surface area contributed by atoms with Crippen LogP contribution in [0.1, 0.15) is 0 Å². The molecular formula is C12H9NS. The van der Waals surface area contributed by atoms with Gasteiger partial charge in [-0.3, -0.25) is 0 Å². The first-order valence-corrected chi connectivity index (χ1v) is 5.42. The van der Waals surface area contributed by atoms with Crippen molar-refractivity contribution in [2.45, 2.75) is 0 Å². The van der Waals surface area contributed by atoms with Gasteiger partial charge < -0.3 is 4.40 Å². The van der Waals surface area contributed by atoms with E-state index in [1.807, 2.05) is 6.07 Å². The molecule has 0 unspecified atom stereocenters. The Morgan fingerprint density at radius 1 is 1.00 bits per heavy atom. The molecule has 0 saturated heterocycles. The molecule has 3 rings (SSSR count). The molecule has 2 heterocycles. The largest absolute Gasteiger partial charge is 0.314 e.